The Hall–Kier alpha value is -3.49. The number of hydrogen-bond acceptors (Lipinski definition) is 9. The number of nitrogens with two attached hydrogens (primary N) is 1. The first-order valence-electron chi connectivity index (χ1n) is 7.66. The van der Waals surface area contributed by atoms with Gasteiger partial charge in [0, 0.05) is 17.8 Å². The summed E-state index contributed by atoms with van der Waals surface area (Å²) in [6, 6.07) is 7.29. The number of aromatic nitrogens is 3. The van der Waals surface area contributed by atoms with Crippen LogP contribution >= 0.6 is 0 Å². The Morgan fingerprint density at radius 3 is 2.52 bits per heavy atom. The molecule has 0 fully saturated rings. The quantitative estimate of drug-likeness (QED) is 0.658. The fourth-order valence-electron chi connectivity index (χ4n) is 2.40. The van der Waals surface area contributed by atoms with Crippen LogP contribution in [0.5, 0.6) is 11.5 Å². The van der Waals surface area contributed by atoms with E-state index < -0.39 is 0 Å². The number of nitrogens with one attached hydrogen (secondary N) is 2. The van der Waals surface area contributed by atoms with Gasteiger partial charge in [0.2, 0.25) is 0 Å². The number of aryl methyl sites for hydroxylation is 1. The van der Waals surface area contributed by atoms with Crippen LogP contribution in [0.3, 0.4) is 0 Å². The van der Waals surface area contributed by atoms with Crippen LogP contribution in [0.1, 0.15) is 5.76 Å². The highest BCUT2D eigenvalue weighted by Crippen LogP contribution is 2.35. The molecule has 1 aliphatic heterocycles. The molecule has 3 aromatic rings. The van der Waals surface area contributed by atoms with Crippen LogP contribution in [0.15, 0.2) is 35.1 Å². The molecule has 0 bridgehead atoms. The highest BCUT2D eigenvalue weighted by molar-refractivity contribution is 5.80. The van der Waals surface area contributed by atoms with E-state index in [9.17, 15) is 0 Å². The lowest BCUT2D eigenvalue weighted by Crippen LogP contribution is -2.15. The van der Waals surface area contributed by atoms with E-state index in [-0.39, 0.29) is 0 Å². The lowest BCUT2D eigenvalue weighted by atomic mass is 10.2. The van der Waals surface area contributed by atoms with Crippen molar-refractivity contribution in [2.24, 2.45) is 0 Å². The number of ether oxygens (including phenoxy) is 2. The van der Waals surface area contributed by atoms with Gasteiger partial charge in [0.25, 0.3) is 0 Å². The fourth-order valence-corrected chi connectivity index (χ4v) is 2.40. The molecule has 0 unspecified atom stereocenters. The van der Waals surface area contributed by atoms with Gasteiger partial charge < -0.3 is 30.4 Å². The molecule has 1 aromatic carbocycles. The topological polar surface area (TPSA) is 120 Å². The minimum absolute atomic E-state index is 0.359. The number of rotatable bonds is 4. The van der Waals surface area contributed by atoms with Gasteiger partial charge in [0.05, 0.1) is 0 Å². The second-order valence-electron chi connectivity index (χ2n) is 5.42. The molecule has 0 saturated carbocycles. The molecule has 9 nitrogen and oxygen atoms in total. The van der Waals surface area contributed by atoms with Crippen molar-refractivity contribution >= 4 is 28.8 Å². The summed E-state index contributed by atoms with van der Waals surface area (Å²) in [7, 11) is 0. The lowest BCUT2D eigenvalue weighted by Gasteiger charge is -2.19. The molecule has 0 saturated heterocycles. The second kappa shape index (κ2) is 6.19. The second-order valence-corrected chi connectivity index (χ2v) is 5.42. The zero-order valence-electron chi connectivity index (χ0n) is 13.4. The maximum Gasteiger partial charge on any atom is 0.175 e. The summed E-state index contributed by atoms with van der Waals surface area (Å²) in [6.45, 7) is 2.88. The van der Waals surface area contributed by atoms with Crippen LogP contribution in [-0.2, 0) is 0 Å². The molecule has 0 atom stereocenters. The summed E-state index contributed by atoms with van der Waals surface area (Å²) in [6.07, 6.45) is 1.41. The molecular formula is C16H16N6O3. The van der Waals surface area contributed by atoms with Gasteiger partial charge in [-0.25, -0.2) is 9.97 Å². The monoisotopic (exact) mass is 340 g/mol. The molecular weight excluding hydrogens is 324 g/mol. The summed E-state index contributed by atoms with van der Waals surface area (Å²) in [4.78, 5) is 8.33. The highest BCUT2D eigenvalue weighted by Gasteiger charge is 2.14. The average Bonchev–Trinajstić information content (AvgIpc) is 3.03. The largest absolute Gasteiger partial charge is 0.486 e. The molecule has 3 heterocycles. The summed E-state index contributed by atoms with van der Waals surface area (Å²) < 4.78 is 16.1. The van der Waals surface area contributed by atoms with E-state index in [1.54, 1.807) is 13.0 Å². The first-order valence-corrected chi connectivity index (χ1v) is 7.66. The molecule has 9 heteroatoms. The van der Waals surface area contributed by atoms with E-state index in [4.69, 9.17) is 19.7 Å². The predicted molar refractivity (Wildman–Crippen MR) is 91.7 cm³/mol. The first-order chi connectivity index (χ1) is 12.2. The molecule has 0 aliphatic carbocycles. The summed E-state index contributed by atoms with van der Waals surface area (Å²) in [5, 5.41) is 10.0. The maximum atomic E-state index is 6.16. The number of nitrogens with zero attached hydrogens (tertiary/aromatic N) is 3. The maximum absolute atomic E-state index is 6.16. The Kier molecular flexibility index (Phi) is 3.73. The zero-order valence-corrected chi connectivity index (χ0v) is 13.4. The average molecular weight is 340 g/mol. The third-order valence-electron chi connectivity index (χ3n) is 3.56. The van der Waals surface area contributed by atoms with Crippen molar-refractivity contribution in [3.8, 4) is 11.5 Å². The third kappa shape index (κ3) is 3.11. The molecule has 128 valence electrons. The zero-order chi connectivity index (χ0) is 17.2. The Morgan fingerprint density at radius 2 is 1.76 bits per heavy atom. The van der Waals surface area contributed by atoms with Gasteiger partial charge in [-0.1, -0.05) is 5.16 Å². The van der Waals surface area contributed by atoms with Gasteiger partial charge in [-0.3, -0.25) is 0 Å². The number of hydrogen-bond donors (Lipinski definition) is 3. The predicted octanol–water partition coefficient (Wildman–Crippen LogP) is 2.61. The van der Waals surface area contributed by atoms with Crippen molar-refractivity contribution in [1.82, 2.24) is 15.1 Å². The number of benzene rings is 1. The summed E-state index contributed by atoms with van der Waals surface area (Å²) >= 11 is 0. The van der Waals surface area contributed by atoms with Crippen LogP contribution in [-0.4, -0.2) is 28.3 Å². The fraction of sp³-hybridized carbons (Fsp3) is 0.188. The normalized spacial score (nSPS) is 12.7. The Bertz CT molecular complexity index is 911. The van der Waals surface area contributed by atoms with E-state index in [0.29, 0.717) is 47.9 Å². The van der Waals surface area contributed by atoms with Crippen LogP contribution < -0.4 is 25.8 Å². The minimum atomic E-state index is 0.359. The van der Waals surface area contributed by atoms with E-state index in [1.807, 2.05) is 18.2 Å². The number of nitrogen functional groups attached to an aromatic ring is 1. The van der Waals surface area contributed by atoms with Gasteiger partial charge in [0.15, 0.2) is 29.0 Å². The first kappa shape index (κ1) is 15.1. The Morgan fingerprint density at radius 1 is 1.00 bits per heavy atom. The molecule has 25 heavy (non-hydrogen) atoms. The summed E-state index contributed by atoms with van der Waals surface area (Å²) in [5.41, 5.74) is 7.29. The molecule has 4 N–H and O–H groups in total. The Labute approximate surface area is 143 Å². The van der Waals surface area contributed by atoms with E-state index in [1.165, 1.54) is 6.33 Å². The molecule has 4 rings (SSSR count). The number of fused-ring (bicyclic) bond motifs is 1. The van der Waals surface area contributed by atoms with E-state index in [2.05, 4.69) is 25.8 Å². The molecule has 0 spiro atoms. The summed E-state index contributed by atoms with van der Waals surface area (Å²) in [5.74, 6) is 3.51. The van der Waals surface area contributed by atoms with Crippen molar-refractivity contribution in [1.29, 1.82) is 0 Å². The van der Waals surface area contributed by atoms with Gasteiger partial charge in [-0.05, 0) is 19.1 Å². The van der Waals surface area contributed by atoms with Gasteiger partial charge in [-0.2, -0.15) is 0 Å². The van der Waals surface area contributed by atoms with Crippen molar-refractivity contribution in [3.05, 3.63) is 36.4 Å². The molecule has 0 amide bonds. The van der Waals surface area contributed by atoms with Crippen molar-refractivity contribution < 1.29 is 14.0 Å². The molecule has 0 radical (unpaired) electrons. The van der Waals surface area contributed by atoms with Gasteiger partial charge >= 0.3 is 0 Å². The highest BCUT2D eigenvalue weighted by atomic mass is 16.6. The van der Waals surface area contributed by atoms with Crippen LogP contribution in [0.25, 0.3) is 0 Å². The lowest BCUT2D eigenvalue weighted by molar-refractivity contribution is 0.171. The van der Waals surface area contributed by atoms with E-state index >= 15 is 0 Å². The smallest absolute Gasteiger partial charge is 0.175 e. The standard InChI is InChI=1S/C16H16N6O3/c1-9-6-13(22-25-9)21-16-14(17)15(18-8-19-16)20-10-2-3-11-12(7-10)24-5-4-23-11/h2-3,6-8H,4-5,17H2,1H3,(H2,18,19,20,21,22). The SMILES string of the molecule is Cc1cc(Nc2ncnc(Nc3ccc4c(c3)OCCO4)c2N)no1. The molecule has 2 aromatic heterocycles. The van der Waals surface area contributed by atoms with Crippen LogP contribution in [0.4, 0.5) is 28.8 Å². The van der Waals surface area contributed by atoms with Crippen molar-refractivity contribution in [2.45, 2.75) is 6.92 Å². The van der Waals surface area contributed by atoms with Crippen LogP contribution in [0, 0.1) is 6.92 Å². The minimum Gasteiger partial charge on any atom is -0.486 e. The van der Waals surface area contributed by atoms with Crippen LogP contribution in [0.2, 0.25) is 0 Å². The van der Waals surface area contributed by atoms with Crippen molar-refractivity contribution in [2.75, 3.05) is 29.6 Å². The van der Waals surface area contributed by atoms with Gasteiger partial charge in [0.1, 0.15) is 31.0 Å². The van der Waals surface area contributed by atoms with E-state index in [0.717, 1.165) is 11.4 Å². The van der Waals surface area contributed by atoms with Crippen molar-refractivity contribution in [3.63, 3.8) is 0 Å². The Balaban J connectivity index is 1.57. The number of anilines is 5. The third-order valence-corrected chi connectivity index (χ3v) is 3.56. The molecule has 1 aliphatic rings. The van der Waals surface area contributed by atoms with Gasteiger partial charge in [-0.15, -0.1) is 0 Å².